The first-order chi connectivity index (χ1) is 14.6. The van der Waals surface area contributed by atoms with E-state index in [0.29, 0.717) is 11.3 Å². The molecular formula is C23H25ClN6. The number of rotatable bonds is 3. The molecule has 0 radical (unpaired) electrons. The highest BCUT2D eigenvalue weighted by Gasteiger charge is 2.54. The van der Waals surface area contributed by atoms with Crippen LogP contribution in [-0.4, -0.2) is 44.3 Å². The third-order valence-corrected chi connectivity index (χ3v) is 7.23. The van der Waals surface area contributed by atoms with Crippen LogP contribution in [0.15, 0.2) is 42.6 Å². The van der Waals surface area contributed by atoms with Gasteiger partial charge in [0.2, 0.25) is 0 Å². The van der Waals surface area contributed by atoms with Gasteiger partial charge in [-0.3, -0.25) is 9.47 Å². The molecule has 1 saturated heterocycles. The first-order valence-corrected chi connectivity index (χ1v) is 11.1. The maximum atomic E-state index is 6.32. The molecule has 30 heavy (non-hydrogen) atoms. The molecule has 1 spiro atoms. The zero-order chi connectivity index (χ0) is 20.3. The largest absolute Gasteiger partial charge is 0.355 e. The van der Waals surface area contributed by atoms with Crippen LogP contribution < -0.4 is 4.90 Å². The van der Waals surface area contributed by atoms with Crippen LogP contribution in [-0.2, 0) is 13.1 Å². The van der Waals surface area contributed by atoms with Gasteiger partial charge in [-0.15, -0.1) is 10.2 Å². The Hall–Kier alpha value is -2.44. The van der Waals surface area contributed by atoms with Gasteiger partial charge >= 0.3 is 0 Å². The van der Waals surface area contributed by atoms with Gasteiger partial charge < -0.3 is 4.90 Å². The molecule has 1 aliphatic carbocycles. The molecule has 0 unspecified atom stereocenters. The minimum Gasteiger partial charge on any atom is -0.355 e. The summed E-state index contributed by atoms with van der Waals surface area (Å²) < 4.78 is 2.31. The molecule has 0 N–H and O–H groups in total. The highest BCUT2D eigenvalue weighted by atomic mass is 35.5. The molecule has 6 nitrogen and oxygen atoms in total. The summed E-state index contributed by atoms with van der Waals surface area (Å²) in [5, 5.41) is 10.1. The van der Waals surface area contributed by atoms with E-state index in [-0.39, 0.29) is 0 Å². The van der Waals surface area contributed by atoms with E-state index in [1.807, 2.05) is 18.3 Å². The molecule has 3 aromatic rings. The summed E-state index contributed by atoms with van der Waals surface area (Å²) in [7, 11) is 0. The molecule has 6 rings (SSSR count). The minimum atomic E-state index is 0.414. The molecule has 0 amide bonds. The Labute approximate surface area is 181 Å². The second-order valence-corrected chi connectivity index (χ2v) is 9.47. The van der Waals surface area contributed by atoms with Crippen LogP contribution in [0.25, 0.3) is 5.69 Å². The Morgan fingerprint density at radius 2 is 1.97 bits per heavy atom. The zero-order valence-corrected chi connectivity index (χ0v) is 17.9. The lowest BCUT2D eigenvalue weighted by molar-refractivity contribution is 0.0581. The van der Waals surface area contributed by atoms with Crippen LogP contribution in [0.3, 0.4) is 0 Å². The number of nitrogens with zero attached hydrogens (tertiary/aromatic N) is 6. The van der Waals surface area contributed by atoms with Crippen molar-refractivity contribution in [3.8, 4) is 5.69 Å². The molecular weight excluding hydrogens is 396 g/mol. The number of hydrogen-bond donors (Lipinski definition) is 0. The van der Waals surface area contributed by atoms with Gasteiger partial charge in [-0.1, -0.05) is 24.6 Å². The molecule has 0 bridgehead atoms. The van der Waals surface area contributed by atoms with E-state index in [0.717, 1.165) is 55.2 Å². The topological polar surface area (TPSA) is 50.1 Å². The van der Waals surface area contributed by atoms with Crippen molar-refractivity contribution in [3.05, 3.63) is 64.8 Å². The Morgan fingerprint density at radius 3 is 2.73 bits per heavy atom. The van der Waals surface area contributed by atoms with Crippen LogP contribution in [0.1, 0.15) is 42.9 Å². The molecule has 2 aromatic heterocycles. The van der Waals surface area contributed by atoms with Crippen molar-refractivity contribution in [1.29, 1.82) is 0 Å². The number of fused-ring (bicyclic) bond motifs is 3. The Bertz CT molecular complexity index is 1080. The number of aromatic nitrogens is 4. The molecule has 154 valence electrons. The van der Waals surface area contributed by atoms with E-state index in [4.69, 9.17) is 11.6 Å². The normalized spacial score (nSPS) is 20.3. The average molecular weight is 421 g/mol. The summed E-state index contributed by atoms with van der Waals surface area (Å²) in [6, 6.07) is 12.3. The monoisotopic (exact) mass is 420 g/mol. The van der Waals surface area contributed by atoms with E-state index in [9.17, 15) is 0 Å². The van der Waals surface area contributed by atoms with E-state index in [1.165, 1.54) is 24.1 Å². The summed E-state index contributed by atoms with van der Waals surface area (Å²) >= 11 is 6.32. The lowest BCUT2D eigenvalue weighted by Gasteiger charge is -2.59. The quantitative estimate of drug-likeness (QED) is 0.640. The first-order valence-electron chi connectivity index (χ1n) is 10.8. The van der Waals surface area contributed by atoms with Crippen molar-refractivity contribution >= 4 is 17.4 Å². The van der Waals surface area contributed by atoms with E-state index in [2.05, 4.69) is 60.7 Å². The number of halogens is 1. The van der Waals surface area contributed by atoms with Gasteiger partial charge in [0, 0.05) is 42.2 Å². The molecule has 2 aliphatic heterocycles. The third kappa shape index (κ3) is 2.85. The number of benzene rings is 1. The number of anilines is 1. The van der Waals surface area contributed by atoms with Gasteiger partial charge in [-0.25, -0.2) is 4.98 Å². The molecule has 0 atom stereocenters. The maximum absolute atomic E-state index is 6.32. The van der Waals surface area contributed by atoms with Gasteiger partial charge in [0.1, 0.15) is 11.6 Å². The van der Waals surface area contributed by atoms with Crippen LogP contribution in [0.5, 0.6) is 0 Å². The highest BCUT2D eigenvalue weighted by molar-refractivity contribution is 6.30. The molecule has 1 saturated carbocycles. The van der Waals surface area contributed by atoms with Gasteiger partial charge in [-0.2, -0.15) is 0 Å². The van der Waals surface area contributed by atoms with Crippen LogP contribution in [0.4, 0.5) is 5.82 Å². The lowest BCUT2D eigenvalue weighted by Crippen LogP contribution is -2.62. The standard InChI is InChI=1S/C23H25ClN6/c1-2-28-12-16-9-18(24)6-7-19(16)30-21(13-28)26-27-22(30)17-10-23(11-17)14-29(15-23)20-5-3-4-8-25-20/h3-9,17H,2,10-15H2,1H3. The van der Waals surface area contributed by atoms with Gasteiger partial charge in [-0.05, 0) is 55.3 Å². The molecule has 4 heterocycles. The smallest absolute Gasteiger partial charge is 0.151 e. The second kappa shape index (κ2) is 6.79. The molecule has 7 heteroatoms. The summed E-state index contributed by atoms with van der Waals surface area (Å²) in [5.74, 6) is 3.72. The van der Waals surface area contributed by atoms with Crippen molar-refractivity contribution in [2.75, 3.05) is 24.5 Å². The lowest BCUT2D eigenvalue weighted by atomic mass is 9.57. The summed E-state index contributed by atoms with van der Waals surface area (Å²) in [5.41, 5.74) is 2.86. The third-order valence-electron chi connectivity index (χ3n) is 6.99. The minimum absolute atomic E-state index is 0.414. The van der Waals surface area contributed by atoms with Crippen LogP contribution >= 0.6 is 11.6 Å². The summed E-state index contributed by atoms with van der Waals surface area (Å²) in [6.07, 6.45) is 4.22. The van der Waals surface area contributed by atoms with Crippen molar-refractivity contribution in [1.82, 2.24) is 24.6 Å². The molecule has 2 fully saturated rings. The Morgan fingerprint density at radius 1 is 1.10 bits per heavy atom. The van der Waals surface area contributed by atoms with Crippen molar-refractivity contribution < 1.29 is 0 Å². The second-order valence-electron chi connectivity index (χ2n) is 9.04. The van der Waals surface area contributed by atoms with Gasteiger partial charge in [0.25, 0.3) is 0 Å². The average Bonchev–Trinajstić information content (AvgIpc) is 3.02. The van der Waals surface area contributed by atoms with E-state index < -0.39 is 0 Å². The zero-order valence-electron chi connectivity index (χ0n) is 17.1. The van der Waals surface area contributed by atoms with Crippen molar-refractivity contribution in [3.63, 3.8) is 0 Å². The fourth-order valence-electron chi connectivity index (χ4n) is 5.47. The van der Waals surface area contributed by atoms with Crippen molar-refractivity contribution in [2.45, 2.75) is 38.8 Å². The predicted octanol–water partition coefficient (Wildman–Crippen LogP) is 4.04. The van der Waals surface area contributed by atoms with Gasteiger partial charge in [0.15, 0.2) is 5.82 Å². The predicted molar refractivity (Wildman–Crippen MR) is 117 cm³/mol. The SMILES string of the molecule is CCN1Cc2cc(Cl)ccc2-n2c(nnc2C2CC3(C2)CN(c2ccccn2)C3)C1. The van der Waals surface area contributed by atoms with Crippen LogP contribution in [0, 0.1) is 5.41 Å². The fourth-order valence-corrected chi connectivity index (χ4v) is 5.67. The molecule has 3 aliphatic rings. The van der Waals surface area contributed by atoms with E-state index >= 15 is 0 Å². The summed E-state index contributed by atoms with van der Waals surface area (Å²) in [6.45, 7) is 7.07. The Balaban J connectivity index is 1.26. The molecule has 1 aromatic carbocycles. The van der Waals surface area contributed by atoms with Gasteiger partial charge in [0.05, 0.1) is 12.2 Å². The Kier molecular flexibility index (Phi) is 4.15. The van der Waals surface area contributed by atoms with Crippen LogP contribution in [0.2, 0.25) is 5.02 Å². The first kappa shape index (κ1) is 18.3. The number of pyridine rings is 1. The number of hydrogen-bond acceptors (Lipinski definition) is 5. The van der Waals surface area contributed by atoms with E-state index in [1.54, 1.807) is 0 Å². The highest BCUT2D eigenvalue weighted by Crippen LogP contribution is 2.56. The fraction of sp³-hybridized carbons (Fsp3) is 0.435. The van der Waals surface area contributed by atoms with Crippen molar-refractivity contribution in [2.24, 2.45) is 5.41 Å². The maximum Gasteiger partial charge on any atom is 0.151 e. The summed E-state index contributed by atoms with van der Waals surface area (Å²) in [4.78, 5) is 9.27.